The van der Waals surface area contributed by atoms with Gasteiger partial charge in [-0.3, -0.25) is 20.2 Å². The van der Waals surface area contributed by atoms with Gasteiger partial charge in [-0.1, -0.05) is 0 Å². The lowest BCUT2D eigenvalue weighted by Gasteiger charge is -2.12. The van der Waals surface area contributed by atoms with E-state index in [-0.39, 0.29) is 0 Å². The lowest BCUT2D eigenvalue weighted by Crippen LogP contribution is -2.11. The molecule has 0 saturated carbocycles. The Morgan fingerprint density at radius 2 is 1.61 bits per heavy atom. The van der Waals surface area contributed by atoms with Crippen molar-refractivity contribution in [2.75, 3.05) is 0 Å². The monoisotopic (exact) mass is 266 g/mol. The van der Waals surface area contributed by atoms with E-state index >= 15 is 0 Å². The molecule has 0 amide bonds. The molecule has 1 N–H and O–H groups in total. The van der Waals surface area contributed by atoms with Gasteiger partial charge < -0.3 is 5.11 Å². The second-order valence-electron chi connectivity index (χ2n) is 3.28. The van der Waals surface area contributed by atoms with Crippen molar-refractivity contribution < 1.29 is 28.1 Å². The van der Waals surface area contributed by atoms with Crippen molar-refractivity contribution >= 4 is 11.4 Å². The Bertz CT molecular complexity index is 502. The van der Waals surface area contributed by atoms with Crippen LogP contribution < -0.4 is 0 Å². The quantitative estimate of drug-likeness (QED) is 0.653. The summed E-state index contributed by atoms with van der Waals surface area (Å²) < 4.78 is 37.8. The Morgan fingerprint density at radius 1 is 1.17 bits per heavy atom. The number of nitrogens with zero attached hydrogens (tertiary/aromatic N) is 2. The number of hydrogen-bond donors (Lipinski definition) is 1. The molecule has 0 aliphatic rings. The second-order valence-corrected chi connectivity index (χ2v) is 3.28. The Hall–Kier alpha value is -2.39. The average molecular weight is 266 g/mol. The van der Waals surface area contributed by atoms with Gasteiger partial charge in [-0.15, -0.1) is 0 Å². The maximum Gasteiger partial charge on any atom is 0.420 e. The molecular weight excluding hydrogens is 261 g/mol. The molecule has 0 aromatic heterocycles. The Kier molecular flexibility index (Phi) is 3.13. The minimum absolute atomic E-state index is 0.292. The molecule has 7 nitrogen and oxygen atoms in total. The van der Waals surface area contributed by atoms with E-state index in [1.54, 1.807) is 0 Å². The highest BCUT2D eigenvalue weighted by molar-refractivity contribution is 5.63. The molecule has 18 heavy (non-hydrogen) atoms. The summed E-state index contributed by atoms with van der Waals surface area (Å²) in [5.41, 5.74) is -5.09. The summed E-state index contributed by atoms with van der Waals surface area (Å²) >= 11 is 0. The molecule has 1 aromatic rings. The van der Waals surface area contributed by atoms with Crippen LogP contribution in [0.5, 0.6) is 5.75 Å². The highest BCUT2D eigenvalue weighted by Crippen LogP contribution is 2.46. The molecule has 0 spiro atoms. The van der Waals surface area contributed by atoms with Crippen LogP contribution in [0.3, 0.4) is 0 Å². The van der Waals surface area contributed by atoms with Crippen LogP contribution in [-0.2, 0) is 6.18 Å². The summed E-state index contributed by atoms with van der Waals surface area (Å²) in [6.07, 6.45) is -5.13. The molecule has 10 heteroatoms. The van der Waals surface area contributed by atoms with Gasteiger partial charge >= 0.3 is 11.9 Å². The van der Waals surface area contributed by atoms with Crippen molar-refractivity contribution in [3.05, 3.63) is 37.4 Å². The summed E-state index contributed by atoms with van der Waals surface area (Å²) in [6, 6.07) is 0.292. The number of alkyl halides is 3. The third-order valence-corrected chi connectivity index (χ3v) is 2.19. The highest BCUT2D eigenvalue weighted by Gasteiger charge is 2.42. The smallest absolute Gasteiger partial charge is 0.420 e. The van der Waals surface area contributed by atoms with Gasteiger partial charge in [-0.25, -0.2) is 0 Å². The first-order valence-electron chi connectivity index (χ1n) is 4.30. The first-order valence-corrected chi connectivity index (χ1v) is 4.30. The molecule has 0 unspecified atom stereocenters. The molecule has 0 aliphatic heterocycles. The molecule has 0 radical (unpaired) electrons. The van der Waals surface area contributed by atoms with Crippen LogP contribution in [-0.4, -0.2) is 15.0 Å². The van der Waals surface area contributed by atoms with Gasteiger partial charge in [0.15, 0.2) is 0 Å². The maximum absolute atomic E-state index is 12.6. The molecular formula is C8H5F3N2O5. The Morgan fingerprint density at radius 3 is 1.94 bits per heavy atom. The lowest BCUT2D eigenvalue weighted by molar-refractivity contribution is -0.395. The van der Waals surface area contributed by atoms with Crippen molar-refractivity contribution in [1.29, 1.82) is 0 Å². The Balaban J connectivity index is 3.79. The number of hydrogen-bond acceptors (Lipinski definition) is 5. The third kappa shape index (κ3) is 2.17. The van der Waals surface area contributed by atoms with Crippen LogP contribution in [0.25, 0.3) is 0 Å². The number of aromatic hydroxyl groups is 1. The van der Waals surface area contributed by atoms with E-state index in [0.717, 1.165) is 6.92 Å². The summed E-state index contributed by atoms with van der Waals surface area (Å²) in [7, 11) is 0. The zero-order valence-corrected chi connectivity index (χ0v) is 8.69. The molecule has 0 atom stereocenters. The van der Waals surface area contributed by atoms with Gasteiger partial charge in [-0.05, 0) is 6.92 Å². The molecule has 1 aromatic carbocycles. The van der Waals surface area contributed by atoms with Crippen LogP contribution in [0, 0.1) is 27.2 Å². The van der Waals surface area contributed by atoms with E-state index in [4.69, 9.17) is 0 Å². The van der Waals surface area contributed by atoms with Gasteiger partial charge in [0.2, 0.25) is 5.75 Å². The van der Waals surface area contributed by atoms with Gasteiger partial charge in [0, 0.05) is 5.56 Å². The summed E-state index contributed by atoms with van der Waals surface area (Å²) in [6.45, 7) is 0.754. The first kappa shape index (κ1) is 13.7. The molecule has 98 valence electrons. The lowest BCUT2D eigenvalue weighted by atomic mass is 10.0. The van der Waals surface area contributed by atoms with Gasteiger partial charge in [0.05, 0.1) is 15.9 Å². The zero-order valence-electron chi connectivity index (χ0n) is 8.69. The number of nitro benzene ring substituents is 2. The summed E-state index contributed by atoms with van der Waals surface area (Å²) in [5.74, 6) is -1.63. The number of phenolic OH excluding ortho intramolecular Hbond substituents is 1. The minimum Gasteiger partial charge on any atom is -0.502 e. The number of benzene rings is 1. The van der Waals surface area contributed by atoms with Crippen LogP contribution in [0.4, 0.5) is 24.5 Å². The van der Waals surface area contributed by atoms with E-state index in [1.165, 1.54) is 0 Å². The zero-order chi connectivity index (χ0) is 14.2. The fraction of sp³-hybridized carbons (Fsp3) is 0.250. The Labute approximate surface area is 96.8 Å². The summed E-state index contributed by atoms with van der Waals surface area (Å²) in [4.78, 5) is 18.5. The predicted molar refractivity (Wildman–Crippen MR) is 51.2 cm³/mol. The van der Waals surface area contributed by atoms with Crippen molar-refractivity contribution in [2.24, 2.45) is 0 Å². The largest absolute Gasteiger partial charge is 0.502 e. The normalized spacial score (nSPS) is 11.3. The number of rotatable bonds is 2. The predicted octanol–water partition coefficient (Wildman–Crippen LogP) is 2.54. The van der Waals surface area contributed by atoms with Crippen LogP contribution in [0.15, 0.2) is 6.07 Å². The summed E-state index contributed by atoms with van der Waals surface area (Å²) in [5, 5.41) is 30.2. The second kappa shape index (κ2) is 4.13. The SMILES string of the molecule is Cc1c([N+](=O)[O-])cc([N+](=O)[O-])c(O)c1C(F)(F)F. The molecule has 1 rings (SSSR count). The topological polar surface area (TPSA) is 107 Å². The molecule has 0 heterocycles. The average Bonchev–Trinajstić information content (AvgIpc) is 2.13. The molecule has 0 fully saturated rings. The van der Waals surface area contributed by atoms with E-state index < -0.39 is 44.3 Å². The van der Waals surface area contributed by atoms with Crippen LogP contribution >= 0.6 is 0 Å². The first-order chi connectivity index (χ1) is 8.07. The fourth-order valence-corrected chi connectivity index (χ4v) is 1.42. The van der Waals surface area contributed by atoms with Crippen LogP contribution in [0.2, 0.25) is 0 Å². The third-order valence-electron chi connectivity index (χ3n) is 2.19. The van der Waals surface area contributed by atoms with Crippen molar-refractivity contribution in [1.82, 2.24) is 0 Å². The van der Waals surface area contributed by atoms with E-state index in [0.29, 0.717) is 6.07 Å². The molecule has 0 bridgehead atoms. The maximum atomic E-state index is 12.6. The van der Waals surface area contributed by atoms with E-state index in [9.17, 15) is 38.5 Å². The van der Waals surface area contributed by atoms with E-state index in [2.05, 4.69) is 0 Å². The molecule has 0 aliphatic carbocycles. The fourth-order valence-electron chi connectivity index (χ4n) is 1.42. The van der Waals surface area contributed by atoms with E-state index in [1.807, 2.05) is 0 Å². The van der Waals surface area contributed by atoms with Crippen LogP contribution in [0.1, 0.15) is 11.1 Å². The van der Waals surface area contributed by atoms with Gasteiger partial charge in [-0.2, -0.15) is 13.2 Å². The van der Waals surface area contributed by atoms with Crippen molar-refractivity contribution in [3.63, 3.8) is 0 Å². The minimum atomic E-state index is -5.13. The van der Waals surface area contributed by atoms with Gasteiger partial charge in [0.1, 0.15) is 5.56 Å². The number of halogens is 3. The number of phenols is 1. The highest BCUT2D eigenvalue weighted by atomic mass is 19.4. The van der Waals surface area contributed by atoms with Crippen molar-refractivity contribution in [2.45, 2.75) is 13.1 Å². The van der Waals surface area contributed by atoms with Gasteiger partial charge in [0.25, 0.3) is 5.69 Å². The standard InChI is InChI=1S/C8H5F3N2O5/c1-3-4(12(15)16)2-5(13(17)18)7(14)6(3)8(9,10)11/h2,14H,1H3. The van der Waals surface area contributed by atoms with Crippen molar-refractivity contribution in [3.8, 4) is 5.75 Å². The molecule has 0 saturated heterocycles. The number of nitro groups is 2.